The predicted molar refractivity (Wildman–Crippen MR) is 82.1 cm³/mol. The molecule has 0 bridgehead atoms. The zero-order valence-electron chi connectivity index (χ0n) is 11.9. The number of ketones is 1. The molecule has 0 aromatic heterocycles. The van der Waals surface area contributed by atoms with E-state index in [-0.39, 0.29) is 5.92 Å². The van der Waals surface area contributed by atoms with Crippen molar-refractivity contribution in [1.29, 1.82) is 0 Å². The Morgan fingerprint density at radius 3 is 2.60 bits per heavy atom. The van der Waals surface area contributed by atoms with Crippen molar-refractivity contribution in [2.75, 3.05) is 0 Å². The van der Waals surface area contributed by atoms with Crippen LogP contribution in [0.4, 0.5) is 0 Å². The van der Waals surface area contributed by atoms with Crippen LogP contribution < -0.4 is 0 Å². The van der Waals surface area contributed by atoms with Gasteiger partial charge in [0.15, 0.2) is 5.78 Å². The van der Waals surface area contributed by atoms with Gasteiger partial charge in [0.25, 0.3) is 0 Å². The van der Waals surface area contributed by atoms with Crippen molar-refractivity contribution in [3.63, 3.8) is 0 Å². The second kappa shape index (κ2) is 5.62. The molecular formula is C19H20O. The van der Waals surface area contributed by atoms with Gasteiger partial charge in [-0.25, -0.2) is 0 Å². The topological polar surface area (TPSA) is 17.1 Å². The van der Waals surface area contributed by atoms with E-state index >= 15 is 0 Å². The predicted octanol–water partition coefficient (Wildman–Crippen LogP) is 4.37. The molecule has 3 rings (SSSR count). The largest absolute Gasteiger partial charge is 0.294 e. The zero-order valence-corrected chi connectivity index (χ0v) is 11.9. The van der Waals surface area contributed by atoms with Crippen LogP contribution in [-0.2, 0) is 12.8 Å². The van der Waals surface area contributed by atoms with Gasteiger partial charge >= 0.3 is 0 Å². The van der Waals surface area contributed by atoms with Crippen molar-refractivity contribution < 1.29 is 4.79 Å². The minimum Gasteiger partial charge on any atom is -0.294 e. The SMILES string of the molecule is Cc1ccc(CC2CCCc3ccccc3C2=O)cc1. The molecule has 1 aliphatic rings. The lowest BCUT2D eigenvalue weighted by Crippen LogP contribution is -2.16. The summed E-state index contributed by atoms with van der Waals surface area (Å²) in [4.78, 5) is 12.7. The Hall–Kier alpha value is -1.89. The number of hydrogen-bond acceptors (Lipinski definition) is 1. The van der Waals surface area contributed by atoms with E-state index in [1.54, 1.807) is 0 Å². The standard InChI is InChI=1S/C19H20O/c1-14-9-11-15(12-10-14)13-17-7-4-6-16-5-2-3-8-18(16)19(17)20/h2-3,5,8-12,17H,4,6-7,13H2,1H3. The number of rotatable bonds is 2. The highest BCUT2D eigenvalue weighted by Gasteiger charge is 2.25. The number of fused-ring (bicyclic) bond motifs is 1. The smallest absolute Gasteiger partial charge is 0.166 e. The third-order valence-electron chi connectivity index (χ3n) is 4.26. The van der Waals surface area contributed by atoms with Gasteiger partial charge in [0.2, 0.25) is 0 Å². The van der Waals surface area contributed by atoms with E-state index in [4.69, 9.17) is 0 Å². The van der Waals surface area contributed by atoms with Gasteiger partial charge in [-0.05, 0) is 43.7 Å². The molecule has 0 radical (unpaired) electrons. The molecule has 0 saturated heterocycles. The van der Waals surface area contributed by atoms with Crippen LogP contribution in [0.3, 0.4) is 0 Å². The molecule has 2 aromatic rings. The summed E-state index contributed by atoms with van der Waals surface area (Å²) >= 11 is 0. The number of aryl methyl sites for hydroxylation is 2. The summed E-state index contributed by atoms with van der Waals surface area (Å²) in [6.07, 6.45) is 4.01. The van der Waals surface area contributed by atoms with Crippen LogP contribution in [0.15, 0.2) is 48.5 Å². The number of Topliss-reactive ketones (excluding diaryl/α,β-unsaturated/α-hetero) is 1. The molecule has 102 valence electrons. The third kappa shape index (κ3) is 2.67. The van der Waals surface area contributed by atoms with Crippen molar-refractivity contribution in [3.05, 3.63) is 70.8 Å². The number of benzene rings is 2. The number of carbonyl (C=O) groups is 1. The van der Waals surface area contributed by atoms with E-state index in [2.05, 4.69) is 37.3 Å². The van der Waals surface area contributed by atoms with Crippen LogP contribution in [0.2, 0.25) is 0 Å². The first-order valence-corrected chi connectivity index (χ1v) is 7.42. The fraction of sp³-hybridized carbons (Fsp3) is 0.316. The van der Waals surface area contributed by atoms with Gasteiger partial charge in [-0.3, -0.25) is 4.79 Å². The highest BCUT2D eigenvalue weighted by Crippen LogP contribution is 2.27. The Balaban J connectivity index is 1.84. The van der Waals surface area contributed by atoms with Gasteiger partial charge < -0.3 is 0 Å². The quantitative estimate of drug-likeness (QED) is 0.736. The van der Waals surface area contributed by atoms with Gasteiger partial charge in [-0.2, -0.15) is 0 Å². The first-order valence-electron chi connectivity index (χ1n) is 7.42. The molecule has 0 aliphatic heterocycles. The Morgan fingerprint density at radius 2 is 1.80 bits per heavy atom. The first-order chi connectivity index (χ1) is 9.74. The number of hydrogen-bond donors (Lipinski definition) is 0. The molecule has 1 heteroatoms. The maximum atomic E-state index is 12.7. The van der Waals surface area contributed by atoms with Crippen LogP contribution in [0, 0.1) is 12.8 Å². The second-order valence-electron chi connectivity index (χ2n) is 5.80. The summed E-state index contributed by atoms with van der Waals surface area (Å²) in [5, 5.41) is 0. The van der Waals surface area contributed by atoms with Crippen LogP contribution in [-0.4, -0.2) is 5.78 Å². The minimum absolute atomic E-state index is 0.140. The molecule has 1 unspecified atom stereocenters. The van der Waals surface area contributed by atoms with Crippen molar-refractivity contribution in [2.45, 2.75) is 32.6 Å². The van der Waals surface area contributed by atoms with Crippen LogP contribution in [0.25, 0.3) is 0 Å². The van der Waals surface area contributed by atoms with E-state index < -0.39 is 0 Å². The third-order valence-corrected chi connectivity index (χ3v) is 4.26. The summed E-state index contributed by atoms with van der Waals surface area (Å²) in [7, 11) is 0. The molecule has 0 fully saturated rings. The molecule has 20 heavy (non-hydrogen) atoms. The molecular weight excluding hydrogens is 244 g/mol. The molecule has 0 saturated carbocycles. The fourth-order valence-corrected chi connectivity index (χ4v) is 3.07. The van der Waals surface area contributed by atoms with Crippen molar-refractivity contribution >= 4 is 5.78 Å². The lowest BCUT2D eigenvalue weighted by Gasteiger charge is -2.14. The molecule has 0 N–H and O–H groups in total. The summed E-state index contributed by atoms with van der Waals surface area (Å²) in [5.41, 5.74) is 4.71. The molecule has 2 aromatic carbocycles. The van der Waals surface area contributed by atoms with Gasteiger partial charge in [0.05, 0.1) is 0 Å². The average Bonchev–Trinajstić information content (AvgIpc) is 2.62. The summed E-state index contributed by atoms with van der Waals surface area (Å²) in [6, 6.07) is 16.7. The Bertz CT molecular complexity index is 610. The van der Waals surface area contributed by atoms with E-state index in [1.807, 2.05) is 18.2 Å². The van der Waals surface area contributed by atoms with E-state index in [0.29, 0.717) is 5.78 Å². The van der Waals surface area contributed by atoms with Gasteiger partial charge in [0, 0.05) is 11.5 Å². The van der Waals surface area contributed by atoms with Crippen molar-refractivity contribution in [2.24, 2.45) is 5.92 Å². The van der Waals surface area contributed by atoms with E-state index in [0.717, 1.165) is 31.2 Å². The Kier molecular flexibility index (Phi) is 3.68. The maximum absolute atomic E-state index is 12.7. The van der Waals surface area contributed by atoms with E-state index in [9.17, 15) is 4.79 Å². The van der Waals surface area contributed by atoms with Crippen LogP contribution >= 0.6 is 0 Å². The normalized spacial score (nSPS) is 18.4. The summed E-state index contributed by atoms with van der Waals surface area (Å²) in [6.45, 7) is 2.09. The van der Waals surface area contributed by atoms with Crippen LogP contribution in [0.1, 0.15) is 39.9 Å². The first kappa shape index (κ1) is 13.1. The lowest BCUT2D eigenvalue weighted by atomic mass is 9.89. The maximum Gasteiger partial charge on any atom is 0.166 e. The molecule has 1 atom stereocenters. The van der Waals surface area contributed by atoms with Crippen molar-refractivity contribution in [3.8, 4) is 0 Å². The average molecular weight is 264 g/mol. The highest BCUT2D eigenvalue weighted by atomic mass is 16.1. The summed E-state index contributed by atoms with van der Waals surface area (Å²) < 4.78 is 0. The van der Waals surface area contributed by atoms with Crippen molar-refractivity contribution in [1.82, 2.24) is 0 Å². The summed E-state index contributed by atoms with van der Waals surface area (Å²) in [5.74, 6) is 0.472. The molecule has 1 nitrogen and oxygen atoms in total. The molecule has 0 spiro atoms. The molecule has 0 heterocycles. The highest BCUT2D eigenvalue weighted by molar-refractivity contribution is 5.99. The second-order valence-corrected chi connectivity index (χ2v) is 5.80. The monoisotopic (exact) mass is 264 g/mol. The van der Waals surface area contributed by atoms with Crippen LogP contribution in [0.5, 0.6) is 0 Å². The van der Waals surface area contributed by atoms with Gasteiger partial charge in [-0.1, -0.05) is 54.1 Å². The Labute approximate surface area is 120 Å². The number of carbonyl (C=O) groups excluding carboxylic acids is 1. The lowest BCUT2D eigenvalue weighted by molar-refractivity contribution is 0.0915. The fourth-order valence-electron chi connectivity index (χ4n) is 3.07. The van der Waals surface area contributed by atoms with E-state index in [1.165, 1.54) is 16.7 Å². The molecule has 0 amide bonds. The van der Waals surface area contributed by atoms with Gasteiger partial charge in [0.1, 0.15) is 0 Å². The minimum atomic E-state index is 0.140. The zero-order chi connectivity index (χ0) is 13.9. The molecule has 1 aliphatic carbocycles. The van der Waals surface area contributed by atoms with Gasteiger partial charge in [-0.15, -0.1) is 0 Å². The Morgan fingerprint density at radius 1 is 1.05 bits per heavy atom.